The van der Waals surface area contributed by atoms with E-state index in [0.717, 1.165) is 18.4 Å². The lowest BCUT2D eigenvalue weighted by molar-refractivity contribution is 0.127. The van der Waals surface area contributed by atoms with Gasteiger partial charge in [0.2, 0.25) is 0 Å². The van der Waals surface area contributed by atoms with Crippen molar-refractivity contribution in [2.75, 3.05) is 18.9 Å². The number of ether oxygens (including phenoxy) is 1. The second-order valence-electron chi connectivity index (χ2n) is 5.30. The average Bonchev–Trinajstić information content (AvgIpc) is 2.49. The van der Waals surface area contributed by atoms with Crippen molar-refractivity contribution in [1.29, 1.82) is 0 Å². The minimum atomic E-state index is 0.258. The molecule has 1 heterocycles. The summed E-state index contributed by atoms with van der Waals surface area (Å²) >= 11 is 2.08. The summed E-state index contributed by atoms with van der Waals surface area (Å²) in [6, 6.07) is 0. The molecule has 0 radical (unpaired) electrons. The van der Waals surface area contributed by atoms with Crippen molar-refractivity contribution >= 4 is 11.8 Å². The first kappa shape index (κ1) is 13.3. The van der Waals surface area contributed by atoms with Crippen molar-refractivity contribution in [3.8, 4) is 0 Å². The van der Waals surface area contributed by atoms with Crippen molar-refractivity contribution in [2.45, 2.75) is 57.4 Å². The molecular weight excluding hydrogens is 206 g/mol. The lowest BCUT2D eigenvalue weighted by atomic mass is 10.1. The highest BCUT2D eigenvalue weighted by Gasteiger charge is 2.23. The van der Waals surface area contributed by atoms with Crippen LogP contribution in [-0.2, 0) is 4.74 Å². The SMILES string of the molecule is CC1OCCC1SCCCNC(C)(C)C. The molecule has 1 rings (SSSR count). The minimum absolute atomic E-state index is 0.258. The Labute approximate surface area is 98.5 Å². The van der Waals surface area contributed by atoms with Crippen LogP contribution in [0.3, 0.4) is 0 Å². The van der Waals surface area contributed by atoms with Crippen LogP contribution in [0.5, 0.6) is 0 Å². The Morgan fingerprint density at radius 2 is 2.13 bits per heavy atom. The fraction of sp³-hybridized carbons (Fsp3) is 1.00. The molecular formula is C12H25NOS. The lowest BCUT2D eigenvalue weighted by Crippen LogP contribution is -2.36. The lowest BCUT2D eigenvalue weighted by Gasteiger charge is -2.20. The molecule has 2 nitrogen and oxygen atoms in total. The van der Waals surface area contributed by atoms with Crippen molar-refractivity contribution in [1.82, 2.24) is 5.32 Å². The molecule has 2 unspecified atom stereocenters. The van der Waals surface area contributed by atoms with E-state index in [-0.39, 0.29) is 5.54 Å². The third-order valence-corrected chi connectivity index (χ3v) is 4.19. The van der Waals surface area contributed by atoms with Crippen LogP contribution in [-0.4, -0.2) is 35.8 Å². The predicted octanol–water partition coefficient (Wildman–Crippen LogP) is 2.68. The molecule has 0 bridgehead atoms. The third kappa shape index (κ3) is 5.79. The van der Waals surface area contributed by atoms with Gasteiger partial charge in [-0.05, 0) is 52.8 Å². The van der Waals surface area contributed by atoms with E-state index in [1.165, 1.54) is 18.6 Å². The highest BCUT2D eigenvalue weighted by atomic mass is 32.2. The quantitative estimate of drug-likeness (QED) is 0.735. The summed E-state index contributed by atoms with van der Waals surface area (Å²) < 4.78 is 5.54. The molecule has 1 saturated heterocycles. The molecule has 0 saturated carbocycles. The molecule has 90 valence electrons. The van der Waals surface area contributed by atoms with E-state index in [0.29, 0.717) is 6.10 Å². The molecule has 1 N–H and O–H groups in total. The van der Waals surface area contributed by atoms with Gasteiger partial charge in [0.15, 0.2) is 0 Å². The van der Waals surface area contributed by atoms with Crippen LogP contribution >= 0.6 is 11.8 Å². The Hall–Kier alpha value is 0.270. The smallest absolute Gasteiger partial charge is 0.0666 e. The summed E-state index contributed by atoms with van der Waals surface area (Å²) in [7, 11) is 0. The van der Waals surface area contributed by atoms with Crippen LogP contribution < -0.4 is 5.32 Å². The maximum atomic E-state index is 5.54. The van der Waals surface area contributed by atoms with Gasteiger partial charge < -0.3 is 10.1 Å². The topological polar surface area (TPSA) is 21.3 Å². The van der Waals surface area contributed by atoms with Crippen LogP contribution in [0.4, 0.5) is 0 Å². The fourth-order valence-corrected chi connectivity index (χ4v) is 2.93. The maximum Gasteiger partial charge on any atom is 0.0666 e. The van der Waals surface area contributed by atoms with E-state index in [1.54, 1.807) is 0 Å². The number of thioether (sulfide) groups is 1. The van der Waals surface area contributed by atoms with Gasteiger partial charge in [-0.1, -0.05) is 0 Å². The third-order valence-electron chi connectivity index (χ3n) is 2.62. The molecule has 0 aromatic heterocycles. The number of hydrogen-bond acceptors (Lipinski definition) is 3. The van der Waals surface area contributed by atoms with Crippen molar-refractivity contribution in [2.24, 2.45) is 0 Å². The van der Waals surface area contributed by atoms with E-state index < -0.39 is 0 Å². The highest BCUT2D eigenvalue weighted by Crippen LogP contribution is 2.26. The summed E-state index contributed by atoms with van der Waals surface area (Å²) in [6.07, 6.45) is 2.95. The Bertz CT molecular complexity index is 179. The van der Waals surface area contributed by atoms with Crippen LogP contribution in [0.25, 0.3) is 0 Å². The molecule has 1 fully saturated rings. The van der Waals surface area contributed by atoms with E-state index in [9.17, 15) is 0 Å². The first-order valence-electron chi connectivity index (χ1n) is 5.97. The summed E-state index contributed by atoms with van der Waals surface area (Å²) in [5.74, 6) is 1.25. The summed E-state index contributed by atoms with van der Waals surface area (Å²) in [5, 5.41) is 4.25. The van der Waals surface area contributed by atoms with Gasteiger partial charge in [0.05, 0.1) is 6.10 Å². The van der Waals surface area contributed by atoms with Gasteiger partial charge in [-0.15, -0.1) is 0 Å². The molecule has 0 aromatic carbocycles. The van der Waals surface area contributed by atoms with Crippen LogP contribution in [0.1, 0.15) is 40.5 Å². The zero-order valence-corrected chi connectivity index (χ0v) is 11.3. The molecule has 0 aromatic rings. The van der Waals surface area contributed by atoms with E-state index in [4.69, 9.17) is 4.74 Å². The zero-order valence-electron chi connectivity index (χ0n) is 10.5. The van der Waals surface area contributed by atoms with E-state index in [2.05, 4.69) is 44.8 Å². The molecule has 2 atom stereocenters. The maximum absolute atomic E-state index is 5.54. The first-order chi connectivity index (χ1) is 6.99. The second-order valence-corrected chi connectivity index (χ2v) is 6.65. The Morgan fingerprint density at radius 1 is 1.40 bits per heavy atom. The van der Waals surface area contributed by atoms with Crippen molar-refractivity contribution in [3.63, 3.8) is 0 Å². The number of rotatable bonds is 5. The van der Waals surface area contributed by atoms with Crippen LogP contribution in [0.15, 0.2) is 0 Å². The van der Waals surface area contributed by atoms with Gasteiger partial charge in [0.1, 0.15) is 0 Å². The normalized spacial score (nSPS) is 27.2. The Kier molecular flexibility index (Phi) is 5.44. The first-order valence-corrected chi connectivity index (χ1v) is 7.02. The summed E-state index contributed by atoms with van der Waals surface area (Å²) in [5.41, 5.74) is 0.258. The van der Waals surface area contributed by atoms with Gasteiger partial charge in [0, 0.05) is 17.4 Å². The molecule has 1 aliphatic rings. The Morgan fingerprint density at radius 3 is 2.67 bits per heavy atom. The summed E-state index contributed by atoms with van der Waals surface area (Å²) in [6.45, 7) is 10.9. The zero-order chi connectivity index (χ0) is 11.3. The number of hydrogen-bond donors (Lipinski definition) is 1. The largest absolute Gasteiger partial charge is 0.377 e. The van der Waals surface area contributed by atoms with Crippen LogP contribution in [0.2, 0.25) is 0 Å². The average molecular weight is 231 g/mol. The van der Waals surface area contributed by atoms with E-state index >= 15 is 0 Å². The summed E-state index contributed by atoms with van der Waals surface area (Å²) in [4.78, 5) is 0. The monoisotopic (exact) mass is 231 g/mol. The predicted molar refractivity (Wildman–Crippen MR) is 68.6 cm³/mol. The Balaban J connectivity index is 1.97. The second kappa shape index (κ2) is 6.12. The molecule has 15 heavy (non-hydrogen) atoms. The highest BCUT2D eigenvalue weighted by molar-refractivity contribution is 7.99. The van der Waals surface area contributed by atoms with Gasteiger partial charge in [-0.2, -0.15) is 11.8 Å². The standard InChI is InChI=1S/C12H25NOS/c1-10-11(6-8-14-10)15-9-5-7-13-12(2,3)4/h10-11,13H,5-9H2,1-4H3. The van der Waals surface area contributed by atoms with Gasteiger partial charge >= 0.3 is 0 Å². The van der Waals surface area contributed by atoms with Gasteiger partial charge in [-0.3, -0.25) is 0 Å². The molecule has 0 amide bonds. The molecule has 0 aliphatic carbocycles. The van der Waals surface area contributed by atoms with Crippen molar-refractivity contribution < 1.29 is 4.74 Å². The van der Waals surface area contributed by atoms with Crippen molar-refractivity contribution in [3.05, 3.63) is 0 Å². The number of nitrogens with one attached hydrogen (secondary N) is 1. The minimum Gasteiger partial charge on any atom is -0.377 e. The molecule has 3 heteroatoms. The van der Waals surface area contributed by atoms with Gasteiger partial charge in [-0.25, -0.2) is 0 Å². The fourth-order valence-electron chi connectivity index (χ4n) is 1.70. The van der Waals surface area contributed by atoms with Gasteiger partial charge in [0.25, 0.3) is 0 Å². The van der Waals surface area contributed by atoms with Crippen LogP contribution in [0, 0.1) is 0 Å². The molecule has 0 spiro atoms. The molecule has 1 aliphatic heterocycles. The van der Waals surface area contributed by atoms with E-state index in [1.807, 2.05) is 0 Å².